The van der Waals surface area contributed by atoms with Gasteiger partial charge in [0.2, 0.25) is 5.91 Å². The van der Waals surface area contributed by atoms with Crippen molar-refractivity contribution in [2.45, 2.75) is 12.5 Å². The lowest BCUT2D eigenvalue weighted by atomic mass is 10.2. The third-order valence-electron chi connectivity index (χ3n) is 2.67. The summed E-state index contributed by atoms with van der Waals surface area (Å²) in [7, 11) is -3.19. The molecule has 0 aliphatic carbocycles. The van der Waals surface area contributed by atoms with E-state index in [9.17, 15) is 22.8 Å². The van der Waals surface area contributed by atoms with Crippen LogP contribution in [0.3, 0.4) is 0 Å². The summed E-state index contributed by atoms with van der Waals surface area (Å²) in [5.74, 6) is -2.18. The number of primary amides is 1. The highest BCUT2D eigenvalue weighted by Gasteiger charge is 2.34. The highest BCUT2D eigenvalue weighted by molar-refractivity contribution is 7.91. The van der Waals surface area contributed by atoms with Crippen molar-refractivity contribution in [1.82, 2.24) is 10.2 Å². The molecule has 0 aromatic heterocycles. The van der Waals surface area contributed by atoms with E-state index in [1.54, 1.807) is 5.32 Å². The molecule has 1 heterocycles. The van der Waals surface area contributed by atoms with Gasteiger partial charge in [0.25, 0.3) is 0 Å². The number of aliphatic carboxylic acids is 1. The molecule has 0 spiro atoms. The lowest BCUT2D eigenvalue weighted by Gasteiger charge is -2.25. The molecular formula is C9H15N3O6S. The number of nitrogens with zero attached hydrogens (tertiary/aromatic N) is 1. The minimum Gasteiger partial charge on any atom is -0.480 e. The highest BCUT2D eigenvalue weighted by atomic mass is 32.2. The molecule has 9 nitrogen and oxygen atoms in total. The van der Waals surface area contributed by atoms with Crippen LogP contribution in [0.5, 0.6) is 0 Å². The SMILES string of the molecule is NC(=O)NC(=O)CN(CC(=O)O)C1CCS(=O)(=O)C1. The van der Waals surface area contributed by atoms with Crippen molar-refractivity contribution in [2.75, 3.05) is 24.6 Å². The number of carbonyl (C=O) groups excluding carboxylic acids is 2. The van der Waals surface area contributed by atoms with Gasteiger partial charge in [0, 0.05) is 6.04 Å². The molecule has 0 radical (unpaired) electrons. The zero-order valence-corrected chi connectivity index (χ0v) is 10.9. The fourth-order valence-electron chi connectivity index (χ4n) is 1.91. The van der Waals surface area contributed by atoms with Gasteiger partial charge in [-0.1, -0.05) is 0 Å². The van der Waals surface area contributed by atoms with E-state index in [1.807, 2.05) is 0 Å². The maximum Gasteiger partial charge on any atom is 0.318 e. The van der Waals surface area contributed by atoms with Crippen molar-refractivity contribution in [3.05, 3.63) is 0 Å². The summed E-state index contributed by atoms with van der Waals surface area (Å²) in [5, 5.41) is 10.6. The van der Waals surface area contributed by atoms with Gasteiger partial charge in [0.15, 0.2) is 9.84 Å². The molecule has 1 fully saturated rings. The second kappa shape index (κ2) is 5.97. The normalized spacial score (nSPS) is 21.2. The van der Waals surface area contributed by atoms with Gasteiger partial charge in [-0.05, 0) is 6.42 Å². The van der Waals surface area contributed by atoms with E-state index < -0.39 is 46.9 Å². The van der Waals surface area contributed by atoms with E-state index in [4.69, 9.17) is 10.8 Å². The van der Waals surface area contributed by atoms with Crippen molar-refractivity contribution < 1.29 is 27.9 Å². The Kier molecular flexibility index (Phi) is 4.84. The number of carbonyl (C=O) groups is 3. The van der Waals surface area contributed by atoms with Gasteiger partial charge >= 0.3 is 12.0 Å². The van der Waals surface area contributed by atoms with Crippen molar-refractivity contribution in [3.63, 3.8) is 0 Å². The molecule has 1 saturated heterocycles. The van der Waals surface area contributed by atoms with Crippen LogP contribution in [-0.2, 0) is 19.4 Å². The third-order valence-corrected chi connectivity index (χ3v) is 4.42. The molecule has 0 bridgehead atoms. The number of carboxylic acids is 1. The number of nitrogens with one attached hydrogen (secondary N) is 1. The number of hydrogen-bond acceptors (Lipinski definition) is 6. The highest BCUT2D eigenvalue weighted by Crippen LogP contribution is 2.17. The standard InChI is InChI=1S/C9H15N3O6S/c10-9(16)11-7(13)3-12(4-8(14)15)6-1-2-19(17,18)5-6/h6H,1-5H2,(H,14,15)(H3,10,11,13,16). The predicted octanol–water partition coefficient (Wildman–Crippen LogP) is -2.24. The van der Waals surface area contributed by atoms with Crippen molar-refractivity contribution >= 4 is 27.7 Å². The summed E-state index contributed by atoms with van der Waals surface area (Å²) in [6.45, 7) is -0.873. The molecule has 19 heavy (non-hydrogen) atoms. The Bertz CT molecular complexity index is 488. The minimum absolute atomic E-state index is 0.0365. The second-order valence-electron chi connectivity index (χ2n) is 4.27. The number of carboxylic acid groups (broad SMARTS) is 1. The zero-order valence-electron chi connectivity index (χ0n) is 10.0. The summed E-state index contributed by atoms with van der Waals surface area (Å²) in [5.41, 5.74) is 4.77. The Morgan fingerprint density at radius 2 is 1.95 bits per heavy atom. The Labute approximate surface area is 109 Å². The van der Waals surface area contributed by atoms with E-state index in [-0.39, 0.29) is 17.9 Å². The van der Waals surface area contributed by atoms with Gasteiger partial charge in [0.1, 0.15) is 0 Å². The Morgan fingerprint density at radius 3 is 2.37 bits per heavy atom. The fraction of sp³-hybridized carbons (Fsp3) is 0.667. The number of rotatable bonds is 5. The maximum absolute atomic E-state index is 11.4. The first-order valence-electron chi connectivity index (χ1n) is 5.45. The second-order valence-corrected chi connectivity index (χ2v) is 6.50. The summed E-state index contributed by atoms with van der Waals surface area (Å²) >= 11 is 0. The Hall–Kier alpha value is -1.68. The number of imide groups is 1. The third kappa shape index (κ3) is 5.22. The smallest absolute Gasteiger partial charge is 0.318 e. The molecule has 1 rings (SSSR count). The first-order chi connectivity index (χ1) is 8.69. The lowest BCUT2D eigenvalue weighted by Crippen LogP contribution is -2.48. The van der Waals surface area contributed by atoms with Crippen LogP contribution in [0.4, 0.5) is 4.79 Å². The molecule has 0 aromatic carbocycles. The molecule has 1 aliphatic heterocycles. The number of hydrogen-bond donors (Lipinski definition) is 3. The first-order valence-corrected chi connectivity index (χ1v) is 7.27. The molecule has 4 N–H and O–H groups in total. The Balaban J connectivity index is 2.70. The van der Waals surface area contributed by atoms with Crippen LogP contribution < -0.4 is 11.1 Å². The fourth-order valence-corrected chi connectivity index (χ4v) is 3.67. The molecule has 108 valence electrons. The van der Waals surface area contributed by atoms with Crippen molar-refractivity contribution in [3.8, 4) is 0 Å². The number of urea groups is 1. The van der Waals surface area contributed by atoms with E-state index >= 15 is 0 Å². The summed E-state index contributed by atoms with van der Waals surface area (Å²) in [6, 6.07) is -1.58. The molecule has 10 heteroatoms. The van der Waals surface area contributed by atoms with Gasteiger partial charge in [-0.3, -0.25) is 19.8 Å². The zero-order chi connectivity index (χ0) is 14.6. The molecule has 1 atom stereocenters. The van der Waals surface area contributed by atoms with Gasteiger partial charge in [-0.15, -0.1) is 0 Å². The Morgan fingerprint density at radius 1 is 1.32 bits per heavy atom. The summed E-state index contributed by atoms with van der Waals surface area (Å²) in [6.07, 6.45) is 0.263. The van der Waals surface area contributed by atoms with Crippen LogP contribution in [0, 0.1) is 0 Å². The van der Waals surface area contributed by atoms with Gasteiger partial charge in [-0.2, -0.15) is 0 Å². The van der Waals surface area contributed by atoms with Crippen molar-refractivity contribution in [2.24, 2.45) is 5.73 Å². The van der Waals surface area contributed by atoms with Gasteiger partial charge in [0.05, 0.1) is 24.6 Å². The number of nitrogens with two attached hydrogens (primary N) is 1. The minimum atomic E-state index is -3.19. The predicted molar refractivity (Wildman–Crippen MR) is 64.0 cm³/mol. The summed E-state index contributed by atoms with van der Waals surface area (Å²) in [4.78, 5) is 33.8. The average molecular weight is 293 g/mol. The van der Waals surface area contributed by atoms with Crippen LogP contribution in [0.15, 0.2) is 0 Å². The van der Waals surface area contributed by atoms with Crippen molar-refractivity contribution in [1.29, 1.82) is 0 Å². The topological polar surface area (TPSA) is 147 Å². The average Bonchev–Trinajstić information content (AvgIpc) is 2.55. The summed E-state index contributed by atoms with van der Waals surface area (Å²) < 4.78 is 22.7. The maximum atomic E-state index is 11.4. The molecule has 0 aromatic rings. The van der Waals surface area contributed by atoms with E-state index in [1.165, 1.54) is 4.90 Å². The number of sulfone groups is 1. The van der Waals surface area contributed by atoms with Crippen LogP contribution >= 0.6 is 0 Å². The largest absolute Gasteiger partial charge is 0.480 e. The lowest BCUT2D eigenvalue weighted by molar-refractivity contribution is -0.139. The number of amides is 3. The van der Waals surface area contributed by atoms with E-state index in [2.05, 4.69) is 0 Å². The van der Waals surface area contributed by atoms with Gasteiger partial charge < -0.3 is 10.8 Å². The molecule has 0 saturated carbocycles. The van der Waals surface area contributed by atoms with Crippen LogP contribution in [0.25, 0.3) is 0 Å². The van der Waals surface area contributed by atoms with Crippen LogP contribution in [0.2, 0.25) is 0 Å². The molecular weight excluding hydrogens is 278 g/mol. The monoisotopic (exact) mass is 293 g/mol. The van der Waals surface area contributed by atoms with E-state index in [0.29, 0.717) is 0 Å². The molecule has 3 amide bonds. The van der Waals surface area contributed by atoms with Crippen LogP contribution in [-0.4, -0.2) is 67.0 Å². The van der Waals surface area contributed by atoms with E-state index in [0.717, 1.165) is 0 Å². The first kappa shape index (κ1) is 15.4. The van der Waals surface area contributed by atoms with Crippen LogP contribution in [0.1, 0.15) is 6.42 Å². The quantitative estimate of drug-likeness (QED) is 0.519. The molecule has 1 aliphatic rings. The van der Waals surface area contributed by atoms with Gasteiger partial charge in [-0.25, -0.2) is 13.2 Å². The molecule has 1 unspecified atom stereocenters.